The first-order chi connectivity index (χ1) is 15.5. The first-order valence-corrected chi connectivity index (χ1v) is 11.7. The van der Waals surface area contributed by atoms with Crippen LogP contribution >= 0.6 is 0 Å². The minimum Gasteiger partial charge on any atom is -0.339 e. The van der Waals surface area contributed by atoms with E-state index in [1.165, 1.54) is 5.56 Å². The standard InChI is InChI=1S/C24H32N4O4/c29-20(11-7-10-19-8-3-1-4-9-19)26-14-16-27(17-15-26)21(30)18-28-22(31)24(25-23(28)32)12-5-2-6-13-24/h1,3-4,8-9H,2,5-7,10-18H2,(H,25,32). The van der Waals surface area contributed by atoms with Gasteiger partial charge in [-0.2, -0.15) is 0 Å². The summed E-state index contributed by atoms with van der Waals surface area (Å²) in [6, 6.07) is 9.66. The molecule has 32 heavy (non-hydrogen) atoms. The van der Waals surface area contributed by atoms with Gasteiger partial charge in [-0.25, -0.2) is 4.79 Å². The van der Waals surface area contributed by atoms with Crippen LogP contribution in [0.15, 0.2) is 30.3 Å². The van der Waals surface area contributed by atoms with Crippen LogP contribution in [0.3, 0.4) is 0 Å². The Morgan fingerprint density at radius 1 is 0.875 bits per heavy atom. The van der Waals surface area contributed by atoms with E-state index in [1.807, 2.05) is 18.2 Å². The third-order valence-corrected chi connectivity index (χ3v) is 6.93. The SMILES string of the molecule is O=C(CCCc1ccccc1)N1CCN(C(=O)CN2C(=O)NC3(CCCCC3)C2=O)CC1. The monoisotopic (exact) mass is 440 g/mol. The van der Waals surface area contributed by atoms with Gasteiger partial charge in [0.2, 0.25) is 11.8 Å². The van der Waals surface area contributed by atoms with E-state index in [9.17, 15) is 19.2 Å². The zero-order valence-electron chi connectivity index (χ0n) is 18.6. The van der Waals surface area contributed by atoms with Crippen molar-refractivity contribution in [3.8, 4) is 0 Å². The van der Waals surface area contributed by atoms with E-state index in [4.69, 9.17) is 0 Å². The second-order valence-electron chi connectivity index (χ2n) is 9.06. The van der Waals surface area contributed by atoms with Crippen molar-refractivity contribution in [1.82, 2.24) is 20.0 Å². The molecule has 3 fully saturated rings. The van der Waals surface area contributed by atoms with Crippen LogP contribution in [0.2, 0.25) is 0 Å². The van der Waals surface area contributed by atoms with E-state index in [-0.39, 0.29) is 24.3 Å². The summed E-state index contributed by atoms with van der Waals surface area (Å²) in [4.78, 5) is 55.1. The van der Waals surface area contributed by atoms with Crippen LogP contribution in [0.4, 0.5) is 4.79 Å². The van der Waals surface area contributed by atoms with Gasteiger partial charge in [-0.15, -0.1) is 0 Å². The summed E-state index contributed by atoms with van der Waals surface area (Å²) in [6.07, 6.45) is 6.35. The molecular formula is C24H32N4O4. The smallest absolute Gasteiger partial charge is 0.325 e. The van der Waals surface area contributed by atoms with Crippen molar-refractivity contribution < 1.29 is 19.2 Å². The molecule has 1 saturated carbocycles. The molecule has 1 aliphatic carbocycles. The minimum absolute atomic E-state index is 0.112. The van der Waals surface area contributed by atoms with Crippen LogP contribution in [0.1, 0.15) is 50.5 Å². The summed E-state index contributed by atoms with van der Waals surface area (Å²) in [6.45, 7) is 1.60. The zero-order chi connectivity index (χ0) is 22.6. The number of nitrogens with zero attached hydrogens (tertiary/aromatic N) is 3. The molecule has 0 aromatic heterocycles. The predicted octanol–water partition coefficient (Wildman–Crippen LogP) is 1.93. The highest BCUT2D eigenvalue weighted by Gasteiger charge is 2.51. The first kappa shape index (κ1) is 22.3. The molecule has 8 nitrogen and oxygen atoms in total. The maximum atomic E-state index is 12.9. The van der Waals surface area contributed by atoms with Crippen molar-refractivity contribution in [2.75, 3.05) is 32.7 Å². The van der Waals surface area contributed by atoms with Gasteiger partial charge in [-0.05, 0) is 31.2 Å². The molecule has 1 aromatic rings. The van der Waals surface area contributed by atoms with Gasteiger partial charge in [0.15, 0.2) is 0 Å². The number of carbonyl (C=O) groups is 4. The highest BCUT2D eigenvalue weighted by molar-refractivity contribution is 6.09. The lowest BCUT2D eigenvalue weighted by Gasteiger charge is -2.35. The molecular weight excluding hydrogens is 408 g/mol. The number of benzene rings is 1. The molecule has 1 N–H and O–H groups in total. The Kier molecular flexibility index (Phi) is 6.77. The Labute approximate surface area is 188 Å². The van der Waals surface area contributed by atoms with Gasteiger partial charge in [-0.1, -0.05) is 49.6 Å². The molecule has 8 heteroatoms. The van der Waals surface area contributed by atoms with Crippen molar-refractivity contribution in [3.05, 3.63) is 35.9 Å². The third-order valence-electron chi connectivity index (χ3n) is 6.93. The molecule has 5 amide bonds. The van der Waals surface area contributed by atoms with E-state index in [0.717, 1.165) is 37.0 Å². The van der Waals surface area contributed by atoms with Crippen LogP contribution in [0, 0.1) is 0 Å². The number of urea groups is 1. The summed E-state index contributed by atoms with van der Waals surface area (Å²) in [7, 11) is 0. The van der Waals surface area contributed by atoms with Gasteiger partial charge in [-0.3, -0.25) is 19.3 Å². The number of piperazine rings is 1. The average molecular weight is 441 g/mol. The first-order valence-electron chi connectivity index (χ1n) is 11.7. The molecule has 0 bridgehead atoms. The Balaban J connectivity index is 1.22. The fraction of sp³-hybridized carbons (Fsp3) is 0.583. The summed E-state index contributed by atoms with van der Waals surface area (Å²) in [5, 5.41) is 2.84. The number of hydrogen-bond donors (Lipinski definition) is 1. The molecule has 2 aliphatic heterocycles. The average Bonchev–Trinajstić information content (AvgIpc) is 3.04. The van der Waals surface area contributed by atoms with Crippen LogP contribution < -0.4 is 5.32 Å². The second-order valence-corrected chi connectivity index (χ2v) is 9.06. The molecule has 1 spiro atoms. The lowest BCUT2D eigenvalue weighted by atomic mass is 9.82. The largest absolute Gasteiger partial charge is 0.339 e. The summed E-state index contributed by atoms with van der Waals surface area (Å²) >= 11 is 0. The van der Waals surface area contributed by atoms with Gasteiger partial charge in [0.1, 0.15) is 12.1 Å². The number of imide groups is 1. The third kappa shape index (κ3) is 4.79. The van der Waals surface area contributed by atoms with E-state index < -0.39 is 11.6 Å². The number of rotatable bonds is 6. The fourth-order valence-electron chi connectivity index (χ4n) is 5.00. The molecule has 0 radical (unpaired) electrons. The quantitative estimate of drug-likeness (QED) is 0.685. The Morgan fingerprint density at radius 3 is 2.16 bits per heavy atom. The van der Waals surface area contributed by atoms with E-state index in [1.54, 1.807) is 9.80 Å². The summed E-state index contributed by atoms with van der Waals surface area (Å²) in [5.41, 5.74) is 0.423. The minimum atomic E-state index is -0.805. The highest BCUT2D eigenvalue weighted by Crippen LogP contribution is 2.33. The number of carbonyl (C=O) groups excluding carboxylic acids is 4. The second kappa shape index (κ2) is 9.71. The van der Waals surface area contributed by atoms with Gasteiger partial charge in [0.05, 0.1) is 0 Å². The number of hydrogen-bond acceptors (Lipinski definition) is 4. The normalized spacial score (nSPS) is 20.6. The molecule has 4 rings (SSSR count). The Hall–Kier alpha value is -2.90. The van der Waals surface area contributed by atoms with E-state index in [0.29, 0.717) is 45.4 Å². The number of amides is 5. The highest BCUT2D eigenvalue weighted by atomic mass is 16.2. The Bertz CT molecular complexity index is 858. The molecule has 172 valence electrons. The molecule has 0 unspecified atom stereocenters. The van der Waals surface area contributed by atoms with Crippen molar-refractivity contribution >= 4 is 23.8 Å². The van der Waals surface area contributed by atoms with Gasteiger partial charge >= 0.3 is 6.03 Å². The fourth-order valence-corrected chi connectivity index (χ4v) is 5.00. The van der Waals surface area contributed by atoms with Crippen LogP contribution in [0.5, 0.6) is 0 Å². The van der Waals surface area contributed by atoms with Crippen molar-refractivity contribution in [3.63, 3.8) is 0 Å². The predicted molar refractivity (Wildman–Crippen MR) is 119 cm³/mol. The molecule has 0 atom stereocenters. The molecule has 2 heterocycles. The maximum absolute atomic E-state index is 12.9. The lowest BCUT2D eigenvalue weighted by Crippen LogP contribution is -2.53. The van der Waals surface area contributed by atoms with Crippen molar-refractivity contribution in [1.29, 1.82) is 0 Å². The van der Waals surface area contributed by atoms with Gasteiger partial charge in [0.25, 0.3) is 5.91 Å². The summed E-state index contributed by atoms with van der Waals surface area (Å²) < 4.78 is 0. The van der Waals surface area contributed by atoms with Crippen LogP contribution in [-0.2, 0) is 20.8 Å². The van der Waals surface area contributed by atoms with Crippen LogP contribution in [-0.4, -0.2) is 76.7 Å². The summed E-state index contributed by atoms with van der Waals surface area (Å²) in [5.74, 6) is -0.387. The topological polar surface area (TPSA) is 90.0 Å². The number of nitrogens with one attached hydrogen (secondary N) is 1. The number of aryl methyl sites for hydroxylation is 1. The molecule has 3 aliphatic rings. The maximum Gasteiger partial charge on any atom is 0.325 e. The van der Waals surface area contributed by atoms with Gasteiger partial charge < -0.3 is 15.1 Å². The zero-order valence-corrected chi connectivity index (χ0v) is 18.6. The van der Waals surface area contributed by atoms with Crippen molar-refractivity contribution in [2.45, 2.75) is 56.9 Å². The Morgan fingerprint density at radius 2 is 1.50 bits per heavy atom. The molecule has 2 saturated heterocycles. The van der Waals surface area contributed by atoms with E-state index in [2.05, 4.69) is 17.4 Å². The van der Waals surface area contributed by atoms with E-state index >= 15 is 0 Å². The lowest BCUT2D eigenvalue weighted by molar-refractivity contribution is -0.142. The van der Waals surface area contributed by atoms with Crippen molar-refractivity contribution in [2.24, 2.45) is 0 Å². The van der Waals surface area contributed by atoms with Crippen LogP contribution in [0.25, 0.3) is 0 Å². The van der Waals surface area contributed by atoms with Gasteiger partial charge in [0, 0.05) is 32.6 Å². The molecule has 1 aromatic carbocycles.